The van der Waals surface area contributed by atoms with E-state index in [-0.39, 0.29) is 25.4 Å². The second-order valence-electron chi connectivity index (χ2n) is 11.8. The Hall–Kier alpha value is -2.30. The summed E-state index contributed by atoms with van der Waals surface area (Å²) in [5, 5.41) is 21.7. The SMILES string of the molecule is CC1=CC2OC3CC4OC(=O)/C=C/C=C/C5(C(C)O)OCCC(=CC(=O)OCC2(CC1)C4(C)C31CO1)C5O. The van der Waals surface area contributed by atoms with E-state index in [4.69, 9.17) is 23.7 Å². The maximum absolute atomic E-state index is 13.2. The number of epoxide rings is 1. The maximum Gasteiger partial charge on any atom is 0.331 e. The highest BCUT2D eigenvalue weighted by Crippen LogP contribution is 2.72. The van der Waals surface area contributed by atoms with Crippen molar-refractivity contribution in [1.82, 2.24) is 0 Å². The van der Waals surface area contributed by atoms with Crippen LogP contribution in [0.4, 0.5) is 0 Å². The smallest absolute Gasteiger partial charge is 0.331 e. The van der Waals surface area contributed by atoms with Gasteiger partial charge in [-0.25, -0.2) is 9.59 Å². The molecule has 0 radical (unpaired) electrons. The van der Waals surface area contributed by atoms with Gasteiger partial charge in [0, 0.05) is 24.0 Å². The first-order valence-corrected chi connectivity index (χ1v) is 13.5. The summed E-state index contributed by atoms with van der Waals surface area (Å²) in [7, 11) is 0. The van der Waals surface area contributed by atoms with Crippen LogP contribution in [0.3, 0.4) is 0 Å². The highest BCUT2D eigenvalue weighted by molar-refractivity contribution is 5.83. The number of esters is 2. The fourth-order valence-electron chi connectivity index (χ4n) is 7.68. The van der Waals surface area contributed by atoms with Crippen molar-refractivity contribution >= 4 is 11.9 Å². The van der Waals surface area contributed by atoms with Crippen LogP contribution in [0.1, 0.15) is 46.5 Å². The molecule has 1 saturated carbocycles. The van der Waals surface area contributed by atoms with Crippen molar-refractivity contribution in [2.45, 2.75) is 88.2 Å². The molecule has 9 atom stereocenters. The zero-order valence-corrected chi connectivity index (χ0v) is 22.1. The van der Waals surface area contributed by atoms with Crippen molar-refractivity contribution in [2.75, 3.05) is 19.8 Å². The van der Waals surface area contributed by atoms with Crippen LogP contribution in [0.15, 0.2) is 47.6 Å². The first kappa shape index (κ1) is 26.0. The van der Waals surface area contributed by atoms with Gasteiger partial charge in [-0.1, -0.05) is 30.7 Å². The number of allylic oxidation sites excluding steroid dienone is 3. The summed E-state index contributed by atoms with van der Waals surface area (Å²) in [5.41, 5.74) is -1.76. The third kappa shape index (κ3) is 3.48. The minimum absolute atomic E-state index is 0.0519. The third-order valence-corrected chi connectivity index (χ3v) is 10.1. The number of cyclic esters (lactones) is 1. The molecule has 6 rings (SSSR count). The van der Waals surface area contributed by atoms with Gasteiger partial charge in [0.1, 0.15) is 30.0 Å². The molecule has 2 spiro atoms. The Morgan fingerprint density at radius 3 is 2.61 bits per heavy atom. The molecule has 2 aliphatic carbocycles. The molecular weight excluding hydrogens is 492 g/mol. The third-order valence-electron chi connectivity index (χ3n) is 10.1. The molecule has 0 aromatic carbocycles. The normalized spacial score (nSPS) is 48.7. The topological polar surface area (TPSA) is 124 Å². The lowest BCUT2D eigenvalue weighted by molar-refractivity contribution is -0.232. The Morgan fingerprint density at radius 1 is 1.08 bits per heavy atom. The number of ether oxygens (including phenoxy) is 5. The molecule has 3 saturated heterocycles. The number of carbonyl (C=O) groups excluding carboxylic acids is 2. The van der Waals surface area contributed by atoms with Gasteiger partial charge < -0.3 is 33.9 Å². The minimum Gasteiger partial charge on any atom is -0.462 e. The molecule has 9 heteroatoms. The number of fused-ring (bicyclic) bond motifs is 2. The molecule has 4 bridgehead atoms. The molecule has 0 aromatic rings. The summed E-state index contributed by atoms with van der Waals surface area (Å²) in [6.45, 7) is 6.43. The quantitative estimate of drug-likeness (QED) is 0.299. The zero-order chi connectivity index (χ0) is 26.9. The number of hydrogen-bond donors (Lipinski definition) is 2. The number of hydrogen-bond acceptors (Lipinski definition) is 9. The molecule has 4 aliphatic heterocycles. The van der Waals surface area contributed by atoms with E-state index in [0.29, 0.717) is 31.4 Å². The average molecular weight is 529 g/mol. The van der Waals surface area contributed by atoms with Gasteiger partial charge in [0.05, 0.1) is 36.9 Å². The van der Waals surface area contributed by atoms with Crippen molar-refractivity contribution in [3.63, 3.8) is 0 Å². The van der Waals surface area contributed by atoms with E-state index >= 15 is 0 Å². The van der Waals surface area contributed by atoms with Crippen molar-refractivity contribution in [1.29, 1.82) is 0 Å². The molecule has 38 heavy (non-hydrogen) atoms. The molecule has 206 valence electrons. The van der Waals surface area contributed by atoms with Gasteiger partial charge in [0.2, 0.25) is 0 Å². The Bertz CT molecular complexity index is 1150. The van der Waals surface area contributed by atoms with Crippen LogP contribution >= 0.6 is 0 Å². The molecule has 4 fully saturated rings. The van der Waals surface area contributed by atoms with Gasteiger partial charge in [-0.2, -0.15) is 0 Å². The lowest BCUT2D eigenvalue weighted by atomic mass is 9.51. The Balaban J connectivity index is 1.44. The maximum atomic E-state index is 13.2. The van der Waals surface area contributed by atoms with E-state index in [0.717, 1.165) is 6.42 Å². The summed E-state index contributed by atoms with van der Waals surface area (Å²) in [4.78, 5) is 26.2. The molecule has 2 N–H and O–H groups in total. The minimum atomic E-state index is -1.47. The highest BCUT2D eigenvalue weighted by atomic mass is 16.6. The second-order valence-corrected chi connectivity index (χ2v) is 11.8. The molecular formula is C29H36O9. The van der Waals surface area contributed by atoms with Gasteiger partial charge in [0.15, 0.2) is 0 Å². The van der Waals surface area contributed by atoms with Gasteiger partial charge in [-0.05, 0) is 44.8 Å². The van der Waals surface area contributed by atoms with Crippen LogP contribution in [-0.2, 0) is 33.3 Å². The van der Waals surface area contributed by atoms with E-state index in [1.807, 2.05) is 0 Å². The lowest BCUT2D eigenvalue weighted by Crippen LogP contribution is -2.66. The van der Waals surface area contributed by atoms with E-state index < -0.39 is 52.3 Å². The Kier molecular flexibility index (Phi) is 6.05. The van der Waals surface area contributed by atoms with Crippen LogP contribution in [0, 0.1) is 10.8 Å². The standard InChI is InChI=1S/C29H36O9/c1-17-7-10-27-15-34-24(32)13-19-8-11-35-28(18(2)30,25(19)33)9-5-4-6-23(31)38-20-14-22(37-21(27)12-17)29(16-36-29)26(20,27)3/h4-6,9,12-13,18,20-22,25,30,33H,7-8,10-11,14-16H2,1-3H3/b6-4+,9-5+,19-13?. The van der Waals surface area contributed by atoms with Crippen LogP contribution in [-0.4, -0.2) is 83.7 Å². The number of carbonyl (C=O) groups is 2. The van der Waals surface area contributed by atoms with E-state index in [1.54, 1.807) is 6.08 Å². The number of aliphatic hydroxyl groups excluding tert-OH is 2. The molecule has 6 aliphatic rings. The Morgan fingerprint density at radius 2 is 1.87 bits per heavy atom. The van der Waals surface area contributed by atoms with Crippen LogP contribution in [0.25, 0.3) is 0 Å². The van der Waals surface area contributed by atoms with Crippen molar-refractivity contribution in [2.24, 2.45) is 10.8 Å². The van der Waals surface area contributed by atoms with Crippen molar-refractivity contribution in [3.8, 4) is 0 Å². The fraction of sp³-hybridized carbons (Fsp3) is 0.655. The largest absolute Gasteiger partial charge is 0.462 e. The molecule has 0 aromatic heterocycles. The zero-order valence-electron chi connectivity index (χ0n) is 22.1. The molecule has 0 amide bonds. The van der Waals surface area contributed by atoms with Crippen molar-refractivity contribution in [3.05, 3.63) is 47.6 Å². The first-order valence-electron chi connectivity index (χ1n) is 13.5. The van der Waals surface area contributed by atoms with Gasteiger partial charge in [-0.15, -0.1) is 0 Å². The molecule has 4 heterocycles. The Labute approximate surface area is 222 Å². The summed E-state index contributed by atoms with van der Waals surface area (Å²) in [5.74, 6) is -1.10. The number of rotatable bonds is 1. The van der Waals surface area contributed by atoms with Gasteiger partial charge in [0.25, 0.3) is 0 Å². The van der Waals surface area contributed by atoms with Gasteiger partial charge in [-0.3, -0.25) is 0 Å². The average Bonchev–Trinajstić information content (AvgIpc) is 3.65. The second kappa shape index (κ2) is 8.86. The predicted octanol–water partition coefficient (Wildman–Crippen LogP) is 2.07. The van der Waals surface area contributed by atoms with E-state index in [9.17, 15) is 19.8 Å². The predicted molar refractivity (Wildman–Crippen MR) is 134 cm³/mol. The van der Waals surface area contributed by atoms with E-state index in [2.05, 4.69) is 19.9 Å². The van der Waals surface area contributed by atoms with Crippen LogP contribution in [0.2, 0.25) is 0 Å². The summed E-state index contributed by atoms with van der Waals surface area (Å²) < 4.78 is 30.6. The summed E-state index contributed by atoms with van der Waals surface area (Å²) in [6, 6.07) is 0. The van der Waals surface area contributed by atoms with Crippen LogP contribution in [0.5, 0.6) is 0 Å². The molecule has 9 unspecified atom stereocenters. The monoisotopic (exact) mass is 528 g/mol. The fourth-order valence-corrected chi connectivity index (χ4v) is 7.68. The van der Waals surface area contributed by atoms with Gasteiger partial charge >= 0.3 is 11.9 Å². The summed E-state index contributed by atoms with van der Waals surface area (Å²) in [6.07, 6.45) is 8.21. The lowest BCUT2D eigenvalue weighted by Gasteiger charge is -2.58. The van der Waals surface area contributed by atoms with Crippen LogP contribution < -0.4 is 0 Å². The van der Waals surface area contributed by atoms with Crippen molar-refractivity contribution < 1.29 is 43.5 Å². The highest BCUT2D eigenvalue weighted by Gasteiger charge is 2.83. The summed E-state index contributed by atoms with van der Waals surface area (Å²) >= 11 is 0. The van der Waals surface area contributed by atoms with E-state index in [1.165, 1.54) is 36.8 Å². The number of aliphatic hydroxyl groups is 2. The molecule has 9 nitrogen and oxygen atoms in total. The first-order chi connectivity index (χ1) is 18.1.